The van der Waals surface area contributed by atoms with Crippen molar-refractivity contribution in [1.29, 1.82) is 0 Å². The number of rotatable bonds is 2. The fraction of sp³-hybridized carbons (Fsp3) is 0.538. The molecule has 152 valence electrons. The van der Waals surface area contributed by atoms with Gasteiger partial charge in [0.05, 0.1) is 0 Å². The second-order valence-corrected chi connectivity index (χ2v) is 9.77. The van der Waals surface area contributed by atoms with Crippen LogP contribution in [-0.4, -0.2) is 41.1 Å². The molecular weight excluding hydrogens is 356 g/mol. The third-order valence-corrected chi connectivity index (χ3v) is 7.79. The largest absolute Gasteiger partial charge is 0.487 e. The van der Waals surface area contributed by atoms with Gasteiger partial charge in [-0.15, -0.1) is 0 Å². The van der Waals surface area contributed by atoms with Gasteiger partial charge in [-0.25, -0.2) is 0 Å². The average molecular weight is 389 g/mol. The van der Waals surface area contributed by atoms with Crippen LogP contribution in [0.3, 0.4) is 0 Å². The smallest absolute Gasteiger partial charge is 0.123 e. The highest BCUT2D eigenvalue weighted by Crippen LogP contribution is 2.44. The number of nitrogens with zero attached hydrogens (tertiary/aromatic N) is 2. The van der Waals surface area contributed by atoms with Crippen molar-refractivity contribution in [2.75, 3.05) is 19.6 Å². The molecule has 0 unspecified atom stereocenters. The Morgan fingerprint density at radius 1 is 0.966 bits per heavy atom. The highest BCUT2D eigenvalue weighted by Gasteiger charge is 2.46. The molecule has 2 aromatic carbocycles. The second-order valence-electron chi connectivity index (χ2n) is 9.77. The fourth-order valence-corrected chi connectivity index (χ4v) is 6.25. The SMILES string of the molecule is c1ccc2c(c1)CCN(Cc1ccc3c(c1)C[C@@]1(CCN4CCCC[C@@H]4C1)O3)C2. The number of fused-ring (bicyclic) bond motifs is 3. The topological polar surface area (TPSA) is 15.7 Å². The van der Waals surface area contributed by atoms with Crippen molar-refractivity contribution in [2.24, 2.45) is 0 Å². The maximum atomic E-state index is 6.64. The van der Waals surface area contributed by atoms with Crippen molar-refractivity contribution in [1.82, 2.24) is 9.80 Å². The number of ether oxygens (including phenoxy) is 1. The summed E-state index contributed by atoms with van der Waals surface area (Å²) in [7, 11) is 0. The van der Waals surface area contributed by atoms with Gasteiger partial charge in [0.1, 0.15) is 11.4 Å². The number of hydrogen-bond acceptors (Lipinski definition) is 3. The average Bonchev–Trinajstić information content (AvgIpc) is 3.10. The van der Waals surface area contributed by atoms with Crippen LogP contribution in [0.1, 0.15) is 54.4 Å². The summed E-state index contributed by atoms with van der Waals surface area (Å²) in [6.07, 6.45) is 8.84. The molecule has 0 radical (unpaired) electrons. The molecule has 4 aliphatic heterocycles. The molecule has 2 saturated heterocycles. The lowest BCUT2D eigenvalue weighted by atomic mass is 9.80. The first-order chi connectivity index (χ1) is 14.3. The van der Waals surface area contributed by atoms with Crippen LogP contribution in [0.4, 0.5) is 0 Å². The summed E-state index contributed by atoms with van der Waals surface area (Å²) in [6, 6.07) is 16.7. The predicted octanol–water partition coefficient (Wildman–Crippen LogP) is 4.57. The van der Waals surface area contributed by atoms with E-state index in [2.05, 4.69) is 52.3 Å². The highest BCUT2D eigenvalue weighted by molar-refractivity contribution is 5.43. The summed E-state index contributed by atoms with van der Waals surface area (Å²) in [5.41, 5.74) is 6.00. The number of benzene rings is 2. The van der Waals surface area contributed by atoms with Crippen LogP contribution >= 0.6 is 0 Å². The molecule has 0 saturated carbocycles. The molecular formula is C26H32N2O. The van der Waals surface area contributed by atoms with Gasteiger partial charge in [0.15, 0.2) is 0 Å². The van der Waals surface area contributed by atoms with Gasteiger partial charge in [-0.05, 0) is 54.1 Å². The molecule has 0 aliphatic carbocycles. The van der Waals surface area contributed by atoms with Gasteiger partial charge in [0.25, 0.3) is 0 Å². The third kappa shape index (κ3) is 3.39. The highest BCUT2D eigenvalue weighted by atomic mass is 16.5. The first kappa shape index (κ1) is 18.0. The van der Waals surface area contributed by atoms with Crippen molar-refractivity contribution >= 4 is 0 Å². The van der Waals surface area contributed by atoms with Crippen LogP contribution in [0.5, 0.6) is 5.75 Å². The van der Waals surface area contributed by atoms with E-state index >= 15 is 0 Å². The fourth-order valence-electron chi connectivity index (χ4n) is 6.25. The van der Waals surface area contributed by atoms with Gasteiger partial charge in [0.2, 0.25) is 0 Å². The van der Waals surface area contributed by atoms with Crippen LogP contribution < -0.4 is 4.74 Å². The molecule has 29 heavy (non-hydrogen) atoms. The maximum Gasteiger partial charge on any atom is 0.123 e. The number of piperidine rings is 2. The van der Waals surface area contributed by atoms with E-state index < -0.39 is 0 Å². The standard InChI is InChI=1S/C26H32N2O/c1-2-6-22-19-27(13-10-21(22)5-1)18-20-8-9-25-23(15-20)16-26(29-25)11-14-28-12-4-3-7-24(28)17-26/h1-2,5-6,8-9,15,24H,3-4,7,10-14,16-19H2/t24-,26-/m1/s1. The summed E-state index contributed by atoms with van der Waals surface area (Å²) < 4.78 is 6.64. The predicted molar refractivity (Wildman–Crippen MR) is 116 cm³/mol. The zero-order chi connectivity index (χ0) is 19.3. The molecule has 0 amide bonds. The first-order valence-electron chi connectivity index (χ1n) is 11.6. The van der Waals surface area contributed by atoms with E-state index in [1.54, 1.807) is 0 Å². The van der Waals surface area contributed by atoms with E-state index in [1.807, 2.05) is 0 Å². The Kier molecular flexibility index (Phi) is 4.42. The van der Waals surface area contributed by atoms with Crippen molar-refractivity contribution in [2.45, 2.75) is 69.7 Å². The summed E-state index contributed by atoms with van der Waals surface area (Å²) in [4.78, 5) is 5.32. The normalized spacial score (nSPS) is 29.2. The lowest BCUT2D eigenvalue weighted by molar-refractivity contribution is -0.0249. The first-order valence-corrected chi connectivity index (χ1v) is 11.6. The van der Waals surface area contributed by atoms with Crippen LogP contribution in [0, 0.1) is 0 Å². The Balaban J connectivity index is 1.15. The van der Waals surface area contributed by atoms with E-state index in [0.29, 0.717) is 0 Å². The molecule has 0 aromatic heterocycles. The molecule has 6 rings (SSSR count). The van der Waals surface area contributed by atoms with Crippen molar-refractivity contribution in [3.8, 4) is 5.75 Å². The molecule has 4 heterocycles. The van der Waals surface area contributed by atoms with Crippen LogP contribution in [0.15, 0.2) is 42.5 Å². The van der Waals surface area contributed by atoms with Gasteiger partial charge in [-0.1, -0.05) is 42.8 Å². The minimum absolute atomic E-state index is 0.0729. The van der Waals surface area contributed by atoms with Gasteiger partial charge < -0.3 is 9.64 Å². The van der Waals surface area contributed by atoms with E-state index in [1.165, 1.54) is 73.9 Å². The summed E-state index contributed by atoms with van der Waals surface area (Å²) in [6.45, 7) is 5.80. The molecule has 2 aromatic rings. The molecule has 0 bridgehead atoms. The Bertz CT molecular complexity index is 909. The Hall–Kier alpha value is -1.84. The van der Waals surface area contributed by atoms with Crippen molar-refractivity contribution < 1.29 is 4.74 Å². The van der Waals surface area contributed by atoms with Crippen LogP contribution in [-0.2, 0) is 25.9 Å². The Labute approximate surface area is 174 Å². The van der Waals surface area contributed by atoms with Crippen molar-refractivity contribution in [3.05, 3.63) is 64.7 Å². The third-order valence-electron chi connectivity index (χ3n) is 7.79. The van der Waals surface area contributed by atoms with E-state index in [0.717, 1.165) is 37.8 Å². The molecule has 4 aliphatic rings. The summed E-state index contributed by atoms with van der Waals surface area (Å²) in [5, 5.41) is 0. The zero-order valence-electron chi connectivity index (χ0n) is 17.4. The van der Waals surface area contributed by atoms with Gasteiger partial charge in [0, 0.05) is 51.5 Å². The molecule has 3 nitrogen and oxygen atoms in total. The van der Waals surface area contributed by atoms with Gasteiger partial charge >= 0.3 is 0 Å². The van der Waals surface area contributed by atoms with Crippen LogP contribution in [0.25, 0.3) is 0 Å². The van der Waals surface area contributed by atoms with Crippen molar-refractivity contribution in [3.63, 3.8) is 0 Å². The zero-order valence-corrected chi connectivity index (χ0v) is 17.4. The Morgan fingerprint density at radius 3 is 2.86 bits per heavy atom. The summed E-state index contributed by atoms with van der Waals surface area (Å²) >= 11 is 0. The van der Waals surface area contributed by atoms with Gasteiger partial charge in [-0.3, -0.25) is 4.90 Å². The minimum Gasteiger partial charge on any atom is -0.487 e. The Morgan fingerprint density at radius 2 is 1.90 bits per heavy atom. The summed E-state index contributed by atoms with van der Waals surface area (Å²) in [5.74, 6) is 1.15. The molecule has 1 spiro atoms. The second kappa shape index (κ2) is 7.14. The molecule has 2 atom stereocenters. The lowest BCUT2D eigenvalue weighted by Crippen LogP contribution is -2.54. The molecule has 0 N–H and O–H groups in total. The molecule has 3 heteroatoms. The minimum atomic E-state index is 0.0729. The van der Waals surface area contributed by atoms with Gasteiger partial charge in [-0.2, -0.15) is 0 Å². The molecule has 2 fully saturated rings. The van der Waals surface area contributed by atoms with Crippen LogP contribution in [0.2, 0.25) is 0 Å². The monoisotopic (exact) mass is 388 g/mol. The van der Waals surface area contributed by atoms with E-state index in [4.69, 9.17) is 4.74 Å². The lowest BCUT2D eigenvalue weighted by Gasteiger charge is -2.46. The maximum absolute atomic E-state index is 6.64. The number of hydrogen-bond donors (Lipinski definition) is 0. The van der Waals surface area contributed by atoms with E-state index in [9.17, 15) is 0 Å². The quantitative estimate of drug-likeness (QED) is 0.750. The van der Waals surface area contributed by atoms with E-state index in [-0.39, 0.29) is 5.60 Å².